The van der Waals surface area contributed by atoms with Gasteiger partial charge in [-0.2, -0.15) is 0 Å². The summed E-state index contributed by atoms with van der Waals surface area (Å²) in [5, 5.41) is 11.3. The lowest BCUT2D eigenvalue weighted by molar-refractivity contribution is -0.116. The number of hydrogen-bond acceptors (Lipinski definition) is 2. The van der Waals surface area contributed by atoms with E-state index in [9.17, 15) is 4.79 Å². The molecule has 1 aromatic rings. The molecule has 14 heavy (non-hydrogen) atoms. The summed E-state index contributed by atoms with van der Waals surface area (Å²) in [6.07, 6.45) is 0.131. The van der Waals surface area contributed by atoms with Gasteiger partial charge in [-0.1, -0.05) is 22.0 Å². The van der Waals surface area contributed by atoms with E-state index in [1.165, 1.54) is 0 Å². The highest BCUT2D eigenvalue weighted by molar-refractivity contribution is 9.10. The van der Waals surface area contributed by atoms with Gasteiger partial charge in [-0.3, -0.25) is 4.79 Å². The highest BCUT2D eigenvalue weighted by Gasteiger charge is 2.03. The molecule has 0 saturated heterocycles. The number of carbonyl (C=O) groups is 1. The number of hydrogen-bond donors (Lipinski definition) is 2. The first-order valence-corrected chi connectivity index (χ1v) is 5.09. The van der Waals surface area contributed by atoms with Crippen molar-refractivity contribution in [3.8, 4) is 0 Å². The largest absolute Gasteiger partial charge is 0.396 e. The molecule has 3 nitrogen and oxygen atoms in total. The average Bonchev–Trinajstić information content (AvgIpc) is 2.12. The molecule has 0 radical (unpaired) electrons. The summed E-state index contributed by atoms with van der Waals surface area (Å²) in [5.74, 6) is -0.172. The van der Waals surface area contributed by atoms with E-state index in [4.69, 9.17) is 5.11 Å². The van der Waals surface area contributed by atoms with Gasteiger partial charge in [0.15, 0.2) is 0 Å². The van der Waals surface area contributed by atoms with E-state index >= 15 is 0 Å². The number of rotatable bonds is 3. The van der Waals surface area contributed by atoms with Crippen LogP contribution >= 0.6 is 15.9 Å². The number of carbonyl (C=O) groups excluding carboxylic acids is 1. The van der Waals surface area contributed by atoms with E-state index in [-0.39, 0.29) is 18.9 Å². The Bertz CT molecular complexity index is 339. The van der Waals surface area contributed by atoms with Crippen LogP contribution in [0, 0.1) is 6.92 Å². The second kappa shape index (κ2) is 5.12. The van der Waals surface area contributed by atoms with E-state index in [0.717, 1.165) is 15.7 Å². The third-order valence-electron chi connectivity index (χ3n) is 1.81. The minimum Gasteiger partial charge on any atom is -0.396 e. The Balaban J connectivity index is 2.75. The Morgan fingerprint density at radius 3 is 2.93 bits per heavy atom. The summed E-state index contributed by atoms with van der Waals surface area (Å²) in [6.45, 7) is 1.79. The first kappa shape index (κ1) is 11.2. The van der Waals surface area contributed by atoms with Gasteiger partial charge in [0.2, 0.25) is 5.91 Å². The molecule has 0 aliphatic heterocycles. The molecule has 0 unspecified atom stereocenters. The molecule has 0 spiro atoms. The molecular weight excluding hydrogens is 246 g/mol. The molecule has 0 saturated carbocycles. The van der Waals surface area contributed by atoms with Crippen LogP contribution in [0.15, 0.2) is 22.7 Å². The molecule has 1 amide bonds. The third kappa shape index (κ3) is 3.12. The summed E-state index contributed by atoms with van der Waals surface area (Å²) in [4.78, 5) is 11.2. The lowest BCUT2D eigenvalue weighted by Crippen LogP contribution is -2.13. The maximum Gasteiger partial charge on any atom is 0.226 e. The van der Waals surface area contributed by atoms with Crippen molar-refractivity contribution in [2.45, 2.75) is 13.3 Å². The SMILES string of the molecule is Cc1ccc(Br)cc1NC(=O)CCO. The number of amides is 1. The number of aryl methyl sites for hydroxylation is 1. The van der Waals surface area contributed by atoms with Crippen molar-refractivity contribution in [3.05, 3.63) is 28.2 Å². The van der Waals surface area contributed by atoms with Crippen molar-refractivity contribution in [1.82, 2.24) is 0 Å². The highest BCUT2D eigenvalue weighted by atomic mass is 79.9. The topological polar surface area (TPSA) is 49.3 Å². The van der Waals surface area contributed by atoms with Gasteiger partial charge in [0.05, 0.1) is 13.0 Å². The average molecular weight is 258 g/mol. The molecule has 2 N–H and O–H groups in total. The Labute approximate surface area is 91.3 Å². The molecule has 0 fully saturated rings. The first-order valence-electron chi connectivity index (χ1n) is 4.30. The van der Waals surface area contributed by atoms with Crippen LogP contribution in [-0.4, -0.2) is 17.6 Å². The Morgan fingerprint density at radius 1 is 1.57 bits per heavy atom. The van der Waals surface area contributed by atoms with Crippen molar-refractivity contribution < 1.29 is 9.90 Å². The van der Waals surface area contributed by atoms with Crippen LogP contribution in [0.3, 0.4) is 0 Å². The van der Waals surface area contributed by atoms with Gasteiger partial charge in [-0.05, 0) is 24.6 Å². The zero-order valence-electron chi connectivity index (χ0n) is 7.88. The van der Waals surface area contributed by atoms with Gasteiger partial charge in [0.25, 0.3) is 0 Å². The molecule has 0 aliphatic carbocycles. The van der Waals surface area contributed by atoms with Crippen LogP contribution in [0.1, 0.15) is 12.0 Å². The fourth-order valence-electron chi connectivity index (χ4n) is 1.04. The predicted molar refractivity (Wildman–Crippen MR) is 59.2 cm³/mol. The number of aliphatic hydroxyl groups excluding tert-OH is 1. The van der Waals surface area contributed by atoms with Gasteiger partial charge in [-0.25, -0.2) is 0 Å². The maximum absolute atomic E-state index is 11.2. The fraction of sp³-hybridized carbons (Fsp3) is 0.300. The highest BCUT2D eigenvalue weighted by Crippen LogP contribution is 2.20. The fourth-order valence-corrected chi connectivity index (χ4v) is 1.40. The smallest absolute Gasteiger partial charge is 0.226 e. The summed E-state index contributed by atoms with van der Waals surface area (Å²) < 4.78 is 0.919. The molecule has 4 heteroatoms. The summed E-state index contributed by atoms with van der Waals surface area (Å²) in [5.41, 5.74) is 1.78. The second-order valence-electron chi connectivity index (χ2n) is 2.98. The van der Waals surface area contributed by atoms with Crippen molar-refractivity contribution in [2.75, 3.05) is 11.9 Å². The molecule has 0 aliphatic rings. The van der Waals surface area contributed by atoms with Gasteiger partial charge < -0.3 is 10.4 Å². The van der Waals surface area contributed by atoms with E-state index < -0.39 is 0 Å². The van der Waals surface area contributed by atoms with Gasteiger partial charge in [0.1, 0.15) is 0 Å². The molecule has 1 aromatic carbocycles. The molecule has 0 bridgehead atoms. The molecule has 1 rings (SSSR count). The lowest BCUT2D eigenvalue weighted by Gasteiger charge is -2.07. The van der Waals surface area contributed by atoms with Crippen LogP contribution < -0.4 is 5.32 Å². The van der Waals surface area contributed by atoms with Crippen LogP contribution in [0.2, 0.25) is 0 Å². The molecule has 0 heterocycles. The van der Waals surface area contributed by atoms with Crippen LogP contribution in [0.4, 0.5) is 5.69 Å². The van der Waals surface area contributed by atoms with Gasteiger partial charge >= 0.3 is 0 Å². The standard InChI is InChI=1S/C10H12BrNO2/c1-7-2-3-8(11)6-9(7)12-10(14)4-5-13/h2-3,6,13H,4-5H2,1H3,(H,12,14). The van der Waals surface area contributed by atoms with E-state index in [0.29, 0.717) is 0 Å². The zero-order chi connectivity index (χ0) is 10.6. The molecular formula is C10H12BrNO2. The predicted octanol–water partition coefficient (Wildman–Crippen LogP) is 2.08. The van der Waals surface area contributed by atoms with Gasteiger partial charge in [0, 0.05) is 10.2 Å². The Kier molecular flexibility index (Phi) is 4.10. The number of halogens is 1. The van der Waals surface area contributed by atoms with Gasteiger partial charge in [-0.15, -0.1) is 0 Å². The van der Waals surface area contributed by atoms with Crippen molar-refractivity contribution in [1.29, 1.82) is 0 Å². The van der Waals surface area contributed by atoms with E-state index in [2.05, 4.69) is 21.2 Å². The third-order valence-corrected chi connectivity index (χ3v) is 2.31. The van der Waals surface area contributed by atoms with Crippen LogP contribution in [0.25, 0.3) is 0 Å². The molecule has 76 valence electrons. The zero-order valence-corrected chi connectivity index (χ0v) is 9.47. The van der Waals surface area contributed by atoms with Crippen molar-refractivity contribution >= 4 is 27.5 Å². The molecule has 0 atom stereocenters. The lowest BCUT2D eigenvalue weighted by atomic mass is 10.2. The van der Waals surface area contributed by atoms with Crippen molar-refractivity contribution in [2.24, 2.45) is 0 Å². The number of anilines is 1. The number of nitrogens with one attached hydrogen (secondary N) is 1. The normalized spacial score (nSPS) is 9.93. The summed E-state index contributed by atoms with van der Waals surface area (Å²) >= 11 is 3.32. The quantitative estimate of drug-likeness (QED) is 0.872. The van der Waals surface area contributed by atoms with E-state index in [1.54, 1.807) is 0 Å². The number of aliphatic hydroxyl groups is 1. The second-order valence-corrected chi connectivity index (χ2v) is 3.90. The number of benzene rings is 1. The Morgan fingerprint density at radius 2 is 2.29 bits per heavy atom. The summed E-state index contributed by atoms with van der Waals surface area (Å²) in [6, 6.07) is 5.67. The monoisotopic (exact) mass is 257 g/mol. The minimum absolute atomic E-state index is 0.126. The summed E-state index contributed by atoms with van der Waals surface area (Å²) in [7, 11) is 0. The van der Waals surface area contributed by atoms with Crippen molar-refractivity contribution in [3.63, 3.8) is 0 Å². The maximum atomic E-state index is 11.2. The first-order chi connectivity index (χ1) is 6.63. The van der Waals surface area contributed by atoms with Crippen LogP contribution in [-0.2, 0) is 4.79 Å². The van der Waals surface area contributed by atoms with Crippen LogP contribution in [0.5, 0.6) is 0 Å². The molecule has 0 aromatic heterocycles. The van der Waals surface area contributed by atoms with E-state index in [1.807, 2.05) is 25.1 Å². The minimum atomic E-state index is -0.172. The Hall–Kier alpha value is -0.870.